The molecule has 0 saturated carbocycles. The van der Waals surface area contributed by atoms with Crippen LogP contribution in [0, 0.1) is 13.8 Å². The van der Waals surface area contributed by atoms with Crippen LogP contribution in [0.25, 0.3) is 0 Å². The largest absolute Gasteiger partial charge is 0.353 e. The van der Waals surface area contributed by atoms with Crippen LogP contribution in [-0.4, -0.2) is 36.7 Å². The van der Waals surface area contributed by atoms with Gasteiger partial charge in [0.25, 0.3) is 5.91 Å². The maximum atomic E-state index is 13.2. The Morgan fingerprint density at radius 2 is 1.68 bits per heavy atom. The van der Waals surface area contributed by atoms with E-state index in [1.807, 2.05) is 24.3 Å². The maximum Gasteiger partial charge on any atom is 0.272 e. The Bertz CT molecular complexity index is 938. The second-order valence-corrected chi connectivity index (χ2v) is 9.28. The van der Waals surface area contributed by atoms with Gasteiger partial charge in [0, 0.05) is 24.5 Å². The number of carbonyl (C=O) groups excluding carboxylic acids is 1. The molecule has 1 aromatic heterocycles. The molecular formula is C21H29N3O3S. The third kappa shape index (κ3) is 4.15. The summed E-state index contributed by atoms with van der Waals surface area (Å²) in [5, 5.41) is 2.85. The highest BCUT2D eigenvalue weighted by atomic mass is 32.2. The van der Waals surface area contributed by atoms with Crippen LogP contribution in [-0.2, 0) is 16.4 Å². The second kappa shape index (κ2) is 8.49. The minimum atomic E-state index is -3.62. The number of hydrogen-bond donors (Lipinski definition) is 2. The van der Waals surface area contributed by atoms with Crippen molar-refractivity contribution in [1.29, 1.82) is 0 Å². The van der Waals surface area contributed by atoms with Crippen molar-refractivity contribution in [2.45, 2.75) is 57.8 Å². The van der Waals surface area contributed by atoms with Gasteiger partial charge in [0.05, 0.1) is 0 Å². The first-order valence-electron chi connectivity index (χ1n) is 9.94. The first-order valence-corrected chi connectivity index (χ1v) is 11.4. The molecule has 152 valence electrons. The van der Waals surface area contributed by atoms with Crippen molar-refractivity contribution in [1.82, 2.24) is 9.29 Å². The fourth-order valence-corrected chi connectivity index (χ4v) is 5.70. The maximum absolute atomic E-state index is 13.2. The summed E-state index contributed by atoms with van der Waals surface area (Å²) in [5.41, 5.74) is 3.16. The fourth-order valence-electron chi connectivity index (χ4n) is 3.78. The number of aromatic nitrogens is 1. The van der Waals surface area contributed by atoms with Crippen LogP contribution in [0.1, 0.15) is 59.9 Å². The number of sulfonamides is 1. The highest BCUT2D eigenvalue weighted by molar-refractivity contribution is 7.89. The molecule has 1 aromatic carbocycles. The number of rotatable bonds is 5. The third-order valence-corrected chi connectivity index (χ3v) is 7.55. The number of nitrogens with one attached hydrogen (secondary N) is 2. The molecule has 0 atom stereocenters. The Morgan fingerprint density at radius 1 is 1.07 bits per heavy atom. The van der Waals surface area contributed by atoms with Gasteiger partial charge in [-0.15, -0.1) is 0 Å². The summed E-state index contributed by atoms with van der Waals surface area (Å²) in [4.78, 5) is 16.0. The summed E-state index contributed by atoms with van der Waals surface area (Å²) in [6.45, 7) is 6.56. The number of H-pyrrole nitrogens is 1. The van der Waals surface area contributed by atoms with Crippen molar-refractivity contribution in [3.8, 4) is 0 Å². The normalized spacial score (nSPS) is 16.0. The number of hydrogen-bond acceptors (Lipinski definition) is 3. The Kier molecular flexibility index (Phi) is 6.25. The molecule has 1 amide bonds. The predicted octanol–water partition coefficient (Wildman–Crippen LogP) is 4.01. The van der Waals surface area contributed by atoms with Crippen molar-refractivity contribution in [2.24, 2.45) is 0 Å². The van der Waals surface area contributed by atoms with E-state index in [2.05, 4.69) is 17.2 Å². The van der Waals surface area contributed by atoms with E-state index in [1.165, 1.54) is 5.56 Å². The van der Waals surface area contributed by atoms with Gasteiger partial charge >= 0.3 is 0 Å². The number of aryl methyl sites for hydroxylation is 2. The van der Waals surface area contributed by atoms with Gasteiger partial charge in [-0.3, -0.25) is 4.79 Å². The second-order valence-electron chi connectivity index (χ2n) is 7.40. The lowest BCUT2D eigenvalue weighted by atomic mass is 10.1. The summed E-state index contributed by atoms with van der Waals surface area (Å²) in [5.74, 6) is -0.331. The molecule has 3 rings (SSSR count). The van der Waals surface area contributed by atoms with Crippen molar-refractivity contribution in [2.75, 3.05) is 18.4 Å². The zero-order valence-corrected chi connectivity index (χ0v) is 17.7. The molecule has 0 unspecified atom stereocenters. The lowest BCUT2D eigenvalue weighted by Gasteiger charge is -2.20. The van der Waals surface area contributed by atoms with E-state index in [9.17, 15) is 13.2 Å². The predicted molar refractivity (Wildman–Crippen MR) is 111 cm³/mol. The first-order chi connectivity index (χ1) is 13.3. The molecule has 2 heterocycles. The summed E-state index contributed by atoms with van der Waals surface area (Å²) in [6, 6.07) is 7.66. The molecule has 1 aliphatic heterocycles. The molecule has 6 nitrogen and oxygen atoms in total. The minimum Gasteiger partial charge on any atom is -0.353 e. The zero-order valence-electron chi connectivity index (χ0n) is 16.8. The van der Waals surface area contributed by atoms with Gasteiger partial charge in [0.15, 0.2) is 0 Å². The number of carbonyl (C=O) groups is 1. The molecule has 1 saturated heterocycles. The molecule has 0 radical (unpaired) electrons. The van der Waals surface area contributed by atoms with Gasteiger partial charge in [-0.1, -0.05) is 31.9 Å². The highest BCUT2D eigenvalue weighted by Crippen LogP contribution is 2.28. The van der Waals surface area contributed by atoms with Crippen LogP contribution in [0.15, 0.2) is 29.2 Å². The summed E-state index contributed by atoms with van der Waals surface area (Å²) >= 11 is 0. The molecule has 2 aromatic rings. The number of anilines is 1. The molecule has 28 heavy (non-hydrogen) atoms. The van der Waals surface area contributed by atoms with Gasteiger partial charge in [0.2, 0.25) is 10.0 Å². The average Bonchev–Trinajstić information content (AvgIpc) is 2.85. The van der Waals surface area contributed by atoms with E-state index < -0.39 is 10.0 Å². The van der Waals surface area contributed by atoms with Crippen molar-refractivity contribution >= 4 is 21.6 Å². The fraction of sp³-hybridized carbons (Fsp3) is 0.476. The van der Waals surface area contributed by atoms with Gasteiger partial charge in [-0.2, -0.15) is 4.31 Å². The van der Waals surface area contributed by atoms with Crippen molar-refractivity contribution in [3.63, 3.8) is 0 Å². The Hall–Kier alpha value is -2.12. The van der Waals surface area contributed by atoms with Crippen LogP contribution in [0.5, 0.6) is 0 Å². The number of aromatic amines is 1. The molecule has 0 aliphatic carbocycles. The summed E-state index contributed by atoms with van der Waals surface area (Å²) in [7, 11) is -3.62. The standard InChI is InChI=1S/C21H29N3O3S/c1-4-17-9-11-18(12-10-17)23-21(25)19-15(2)20(16(3)22-19)28(26,27)24-13-7-5-6-8-14-24/h9-12,22H,4-8,13-14H2,1-3H3,(H,23,25). The van der Waals surface area contributed by atoms with Gasteiger partial charge < -0.3 is 10.3 Å². The molecule has 1 aliphatic rings. The minimum absolute atomic E-state index is 0.237. The van der Waals surface area contributed by atoms with Gasteiger partial charge in [0.1, 0.15) is 10.6 Å². The summed E-state index contributed by atoms with van der Waals surface area (Å²) < 4.78 is 28.0. The molecule has 0 spiro atoms. The van der Waals surface area contributed by atoms with E-state index in [1.54, 1.807) is 18.2 Å². The number of benzene rings is 1. The molecule has 7 heteroatoms. The summed E-state index contributed by atoms with van der Waals surface area (Å²) in [6.07, 6.45) is 4.80. The zero-order chi connectivity index (χ0) is 20.3. The quantitative estimate of drug-likeness (QED) is 0.791. The van der Waals surface area contributed by atoms with E-state index >= 15 is 0 Å². The highest BCUT2D eigenvalue weighted by Gasteiger charge is 2.32. The van der Waals surface area contributed by atoms with Crippen LogP contribution in [0.3, 0.4) is 0 Å². The van der Waals surface area contributed by atoms with E-state index in [0.717, 1.165) is 32.1 Å². The lowest BCUT2D eigenvalue weighted by molar-refractivity contribution is 0.102. The Morgan fingerprint density at radius 3 is 2.25 bits per heavy atom. The molecule has 2 N–H and O–H groups in total. The van der Waals surface area contributed by atoms with Crippen LogP contribution in [0.2, 0.25) is 0 Å². The molecule has 0 bridgehead atoms. The molecule has 1 fully saturated rings. The van der Waals surface area contributed by atoms with E-state index in [0.29, 0.717) is 35.7 Å². The van der Waals surface area contributed by atoms with Crippen LogP contribution in [0.4, 0.5) is 5.69 Å². The van der Waals surface area contributed by atoms with E-state index in [-0.39, 0.29) is 10.8 Å². The Labute approximate surface area is 167 Å². The van der Waals surface area contributed by atoms with Gasteiger partial charge in [-0.05, 0) is 56.4 Å². The topological polar surface area (TPSA) is 82.3 Å². The lowest BCUT2D eigenvalue weighted by Crippen LogP contribution is -2.32. The third-order valence-electron chi connectivity index (χ3n) is 5.38. The Balaban J connectivity index is 1.86. The average molecular weight is 404 g/mol. The van der Waals surface area contributed by atoms with Crippen LogP contribution < -0.4 is 5.32 Å². The number of amides is 1. The van der Waals surface area contributed by atoms with Crippen molar-refractivity contribution < 1.29 is 13.2 Å². The van der Waals surface area contributed by atoms with Crippen LogP contribution >= 0.6 is 0 Å². The number of nitrogens with zero attached hydrogens (tertiary/aromatic N) is 1. The SMILES string of the molecule is CCc1ccc(NC(=O)c2[nH]c(C)c(S(=O)(=O)N3CCCCCC3)c2C)cc1. The monoisotopic (exact) mass is 403 g/mol. The van der Waals surface area contributed by atoms with Gasteiger partial charge in [-0.25, -0.2) is 8.42 Å². The molecular weight excluding hydrogens is 374 g/mol. The van der Waals surface area contributed by atoms with Crippen molar-refractivity contribution in [3.05, 3.63) is 46.8 Å². The smallest absolute Gasteiger partial charge is 0.272 e. The van der Waals surface area contributed by atoms with E-state index in [4.69, 9.17) is 0 Å². The first kappa shape index (κ1) is 20.6.